The predicted molar refractivity (Wildman–Crippen MR) is 36.7 cm³/mol. The van der Waals surface area contributed by atoms with Crippen LogP contribution in [0.2, 0.25) is 0 Å². The van der Waals surface area contributed by atoms with Crippen molar-refractivity contribution in [2.45, 2.75) is 26.0 Å². The minimum atomic E-state index is -1.00. The Bertz CT molecular complexity index is 114. The quantitative estimate of drug-likeness (QED) is 0.578. The number of hydrogen-bond acceptors (Lipinski definition) is 3. The SMILES string of the molecule is CCOC(C(=O)O)C(C)N. The highest BCUT2D eigenvalue weighted by molar-refractivity contribution is 5.73. The van der Waals surface area contributed by atoms with Crippen LogP contribution in [0, 0.1) is 0 Å². The van der Waals surface area contributed by atoms with Gasteiger partial charge in [0, 0.05) is 12.6 Å². The highest BCUT2D eigenvalue weighted by Crippen LogP contribution is 1.96. The van der Waals surface area contributed by atoms with Gasteiger partial charge in [-0.3, -0.25) is 0 Å². The molecule has 0 spiro atoms. The monoisotopic (exact) mass is 147 g/mol. The predicted octanol–water partition coefficient (Wildman–Crippen LogP) is -0.177. The molecule has 0 aromatic carbocycles. The van der Waals surface area contributed by atoms with Crippen LogP contribution in [0.1, 0.15) is 13.8 Å². The zero-order valence-corrected chi connectivity index (χ0v) is 6.20. The fourth-order valence-electron chi connectivity index (χ4n) is 0.628. The minimum Gasteiger partial charge on any atom is -0.479 e. The van der Waals surface area contributed by atoms with E-state index < -0.39 is 18.1 Å². The van der Waals surface area contributed by atoms with E-state index in [0.717, 1.165) is 0 Å². The van der Waals surface area contributed by atoms with Gasteiger partial charge in [-0.25, -0.2) is 4.79 Å². The van der Waals surface area contributed by atoms with Gasteiger partial charge in [-0.15, -0.1) is 0 Å². The normalized spacial score (nSPS) is 16.3. The lowest BCUT2D eigenvalue weighted by Crippen LogP contribution is -2.40. The first-order valence-corrected chi connectivity index (χ1v) is 3.19. The lowest BCUT2D eigenvalue weighted by atomic mass is 10.2. The molecule has 0 aliphatic heterocycles. The van der Waals surface area contributed by atoms with Gasteiger partial charge in [0.1, 0.15) is 0 Å². The van der Waals surface area contributed by atoms with Gasteiger partial charge in [0.25, 0.3) is 0 Å². The maximum atomic E-state index is 10.3. The lowest BCUT2D eigenvalue weighted by Gasteiger charge is -2.15. The summed E-state index contributed by atoms with van der Waals surface area (Å²) < 4.78 is 4.84. The fraction of sp³-hybridized carbons (Fsp3) is 0.833. The Morgan fingerprint density at radius 1 is 1.80 bits per heavy atom. The van der Waals surface area contributed by atoms with Crippen LogP contribution in [-0.2, 0) is 9.53 Å². The van der Waals surface area contributed by atoms with E-state index in [1.807, 2.05) is 0 Å². The van der Waals surface area contributed by atoms with Crippen molar-refractivity contribution >= 4 is 5.97 Å². The van der Waals surface area contributed by atoms with Crippen LogP contribution >= 0.6 is 0 Å². The molecule has 0 aliphatic rings. The summed E-state index contributed by atoms with van der Waals surface area (Å²) >= 11 is 0. The second-order valence-electron chi connectivity index (χ2n) is 2.07. The highest BCUT2D eigenvalue weighted by Gasteiger charge is 2.21. The summed E-state index contributed by atoms with van der Waals surface area (Å²) in [5.41, 5.74) is 5.32. The molecule has 0 aromatic rings. The van der Waals surface area contributed by atoms with Crippen molar-refractivity contribution in [3.63, 3.8) is 0 Å². The number of nitrogens with two attached hydrogens (primary N) is 1. The minimum absolute atomic E-state index is 0.374. The third-order valence-electron chi connectivity index (χ3n) is 1.07. The molecule has 0 saturated carbocycles. The van der Waals surface area contributed by atoms with E-state index in [9.17, 15) is 4.79 Å². The van der Waals surface area contributed by atoms with Gasteiger partial charge >= 0.3 is 5.97 Å². The first-order chi connectivity index (χ1) is 4.59. The molecule has 0 radical (unpaired) electrons. The molecular weight excluding hydrogens is 134 g/mol. The summed E-state index contributed by atoms with van der Waals surface area (Å²) in [4.78, 5) is 10.3. The van der Waals surface area contributed by atoms with Crippen LogP contribution in [0.4, 0.5) is 0 Å². The van der Waals surface area contributed by atoms with Gasteiger partial charge in [-0.1, -0.05) is 0 Å². The van der Waals surface area contributed by atoms with Gasteiger partial charge in [0.2, 0.25) is 0 Å². The maximum absolute atomic E-state index is 10.3. The molecule has 0 amide bonds. The Balaban J connectivity index is 3.85. The average Bonchev–Trinajstić information content (AvgIpc) is 1.81. The molecule has 4 heteroatoms. The number of aliphatic carboxylic acids is 1. The summed E-state index contributed by atoms with van der Waals surface area (Å²) in [5.74, 6) is -1.00. The molecule has 0 bridgehead atoms. The summed E-state index contributed by atoms with van der Waals surface area (Å²) in [5, 5.41) is 8.47. The molecule has 0 saturated heterocycles. The van der Waals surface area contributed by atoms with E-state index in [-0.39, 0.29) is 0 Å². The molecule has 0 rings (SSSR count). The Hall–Kier alpha value is -0.610. The lowest BCUT2D eigenvalue weighted by molar-refractivity contribution is -0.151. The first kappa shape index (κ1) is 9.39. The van der Waals surface area contributed by atoms with E-state index in [1.54, 1.807) is 13.8 Å². The summed E-state index contributed by atoms with van der Waals surface area (Å²) in [7, 11) is 0. The zero-order chi connectivity index (χ0) is 8.15. The standard InChI is InChI=1S/C6H13NO3/c1-3-10-5(4(2)7)6(8)9/h4-5H,3,7H2,1-2H3,(H,8,9). The first-order valence-electron chi connectivity index (χ1n) is 3.19. The third-order valence-corrected chi connectivity index (χ3v) is 1.07. The smallest absolute Gasteiger partial charge is 0.334 e. The second-order valence-corrected chi connectivity index (χ2v) is 2.07. The molecule has 2 atom stereocenters. The fourth-order valence-corrected chi connectivity index (χ4v) is 0.628. The Morgan fingerprint density at radius 3 is 2.40 bits per heavy atom. The Morgan fingerprint density at radius 2 is 2.30 bits per heavy atom. The molecule has 0 aromatic heterocycles. The Kier molecular flexibility index (Phi) is 3.99. The van der Waals surface area contributed by atoms with Gasteiger partial charge in [0.15, 0.2) is 6.10 Å². The van der Waals surface area contributed by atoms with Crippen molar-refractivity contribution in [2.24, 2.45) is 5.73 Å². The molecule has 2 unspecified atom stereocenters. The van der Waals surface area contributed by atoms with Gasteiger partial charge < -0.3 is 15.6 Å². The number of ether oxygens (including phenoxy) is 1. The summed E-state index contributed by atoms with van der Waals surface area (Å²) in [6.45, 7) is 3.71. The van der Waals surface area contributed by atoms with E-state index >= 15 is 0 Å². The molecule has 10 heavy (non-hydrogen) atoms. The second kappa shape index (κ2) is 4.24. The van der Waals surface area contributed by atoms with E-state index in [4.69, 9.17) is 15.6 Å². The van der Waals surface area contributed by atoms with Gasteiger partial charge in [-0.05, 0) is 13.8 Å². The van der Waals surface area contributed by atoms with Crippen LogP contribution < -0.4 is 5.73 Å². The molecule has 4 nitrogen and oxygen atoms in total. The Labute approximate surface area is 60.0 Å². The highest BCUT2D eigenvalue weighted by atomic mass is 16.5. The van der Waals surface area contributed by atoms with Crippen LogP contribution in [0.3, 0.4) is 0 Å². The van der Waals surface area contributed by atoms with Crippen molar-refractivity contribution in [3.05, 3.63) is 0 Å². The molecule has 0 fully saturated rings. The number of carboxylic acids is 1. The molecule has 3 N–H and O–H groups in total. The van der Waals surface area contributed by atoms with Crippen molar-refractivity contribution in [2.75, 3.05) is 6.61 Å². The van der Waals surface area contributed by atoms with Crippen LogP contribution in [0.25, 0.3) is 0 Å². The maximum Gasteiger partial charge on any atom is 0.334 e. The van der Waals surface area contributed by atoms with Crippen molar-refractivity contribution in [1.82, 2.24) is 0 Å². The number of rotatable bonds is 4. The molecule has 0 aliphatic carbocycles. The van der Waals surface area contributed by atoms with Crippen LogP contribution in [0.5, 0.6) is 0 Å². The number of hydrogen-bond donors (Lipinski definition) is 2. The van der Waals surface area contributed by atoms with Crippen molar-refractivity contribution in [3.8, 4) is 0 Å². The van der Waals surface area contributed by atoms with E-state index in [0.29, 0.717) is 6.61 Å². The van der Waals surface area contributed by atoms with Crippen LogP contribution in [0.15, 0.2) is 0 Å². The van der Waals surface area contributed by atoms with E-state index in [2.05, 4.69) is 0 Å². The number of carbonyl (C=O) groups is 1. The van der Waals surface area contributed by atoms with Gasteiger partial charge in [-0.2, -0.15) is 0 Å². The summed E-state index contributed by atoms with van der Waals surface area (Å²) in [6, 6.07) is -0.461. The molecule has 0 heterocycles. The van der Waals surface area contributed by atoms with Gasteiger partial charge in [0.05, 0.1) is 0 Å². The average molecular weight is 147 g/mol. The largest absolute Gasteiger partial charge is 0.479 e. The molecule has 60 valence electrons. The van der Waals surface area contributed by atoms with E-state index in [1.165, 1.54) is 0 Å². The topological polar surface area (TPSA) is 72.5 Å². The third kappa shape index (κ3) is 2.80. The molecular formula is C6H13NO3. The zero-order valence-electron chi connectivity index (χ0n) is 6.20. The van der Waals surface area contributed by atoms with Crippen molar-refractivity contribution < 1.29 is 14.6 Å². The van der Waals surface area contributed by atoms with Crippen LogP contribution in [-0.4, -0.2) is 29.8 Å². The number of carboxylic acid groups (broad SMARTS) is 1. The van der Waals surface area contributed by atoms with Crippen molar-refractivity contribution in [1.29, 1.82) is 0 Å². The summed E-state index contributed by atoms with van der Waals surface area (Å²) in [6.07, 6.45) is -0.870.